The zero-order valence-electron chi connectivity index (χ0n) is 13.1. The van der Waals surface area contributed by atoms with Gasteiger partial charge in [-0.1, -0.05) is 12.1 Å². The minimum absolute atomic E-state index is 0.137. The quantitative estimate of drug-likeness (QED) is 0.602. The lowest BCUT2D eigenvalue weighted by Gasteiger charge is -2.10. The van der Waals surface area contributed by atoms with E-state index in [1.54, 1.807) is 7.05 Å². The smallest absolute Gasteiger partial charge is 0.316 e. The first-order valence-electron chi connectivity index (χ1n) is 7.09. The monoisotopic (exact) mass is 416 g/mol. The van der Waals surface area contributed by atoms with Gasteiger partial charge in [-0.05, 0) is 33.6 Å². The van der Waals surface area contributed by atoms with Crippen LogP contribution in [-0.4, -0.2) is 18.7 Å². The number of hydrogen-bond donors (Lipinski definition) is 0. The normalized spacial score (nSPS) is 12.1. The van der Waals surface area contributed by atoms with Crippen LogP contribution < -0.4 is 11.2 Å². The second-order valence-electron chi connectivity index (χ2n) is 5.54. The molecule has 0 saturated heterocycles. The third kappa shape index (κ3) is 2.90. The molecule has 0 spiro atoms. The van der Waals surface area contributed by atoms with Crippen molar-refractivity contribution in [1.82, 2.24) is 18.7 Å². The van der Waals surface area contributed by atoms with Crippen molar-refractivity contribution < 1.29 is 13.2 Å². The molecule has 0 atom stereocenters. The van der Waals surface area contributed by atoms with Crippen molar-refractivity contribution >= 4 is 27.1 Å². The number of alkyl halides is 3. The molecular weight excluding hydrogens is 405 g/mol. The van der Waals surface area contributed by atoms with Gasteiger partial charge in [0.05, 0.1) is 12.1 Å². The highest BCUT2D eigenvalue weighted by atomic mass is 79.9. The van der Waals surface area contributed by atoms with Crippen LogP contribution in [0.3, 0.4) is 0 Å². The fourth-order valence-electron chi connectivity index (χ4n) is 2.54. The summed E-state index contributed by atoms with van der Waals surface area (Å²) < 4.78 is 42.0. The molecule has 0 bridgehead atoms. The number of aromatic nitrogens is 4. The molecule has 132 valence electrons. The Kier molecular flexibility index (Phi) is 4.10. The van der Waals surface area contributed by atoms with Gasteiger partial charge in [-0.2, -0.15) is 13.2 Å². The average Bonchev–Trinajstić information content (AvgIpc) is 2.85. The summed E-state index contributed by atoms with van der Waals surface area (Å²) in [5, 5.41) is 0. The first-order chi connectivity index (χ1) is 11.6. The number of imidazole rings is 1. The van der Waals surface area contributed by atoms with E-state index in [-0.39, 0.29) is 17.7 Å². The molecule has 3 rings (SSSR count). The topological polar surface area (TPSA) is 61.8 Å². The summed E-state index contributed by atoms with van der Waals surface area (Å²) in [5.74, 6) is 0. The van der Waals surface area contributed by atoms with Crippen molar-refractivity contribution in [3.8, 4) is 0 Å². The Morgan fingerprint density at radius 1 is 1.08 bits per heavy atom. The third-order valence-corrected chi connectivity index (χ3v) is 4.64. The maximum Gasteiger partial charge on any atom is 0.416 e. The highest BCUT2D eigenvalue weighted by Crippen LogP contribution is 2.29. The maximum atomic E-state index is 12.7. The van der Waals surface area contributed by atoms with Gasteiger partial charge in [-0.15, -0.1) is 0 Å². The van der Waals surface area contributed by atoms with E-state index in [2.05, 4.69) is 20.9 Å². The predicted molar refractivity (Wildman–Crippen MR) is 88.5 cm³/mol. The largest absolute Gasteiger partial charge is 0.416 e. The van der Waals surface area contributed by atoms with Crippen molar-refractivity contribution in [3.63, 3.8) is 0 Å². The molecule has 10 heteroatoms. The molecule has 2 aromatic heterocycles. The lowest BCUT2D eigenvalue weighted by atomic mass is 10.1. The molecule has 1 aromatic carbocycles. The molecule has 0 unspecified atom stereocenters. The van der Waals surface area contributed by atoms with Gasteiger partial charge in [-0.3, -0.25) is 13.9 Å². The molecule has 3 aromatic rings. The molecule has 0 fully saturated rings. The second kappa shape index (κ2) is 5.87. The van der Waals surface area contributed by atoms with Crippen molar-refractivity contribution in [2.75, 3.05) is 0 Å². The zero-order valence-corrected chi connectivity index (χ0v) is 14.7. The molecule has 0 aliphatic heterocycles. The number of fused-ring (bicyclic) bond motifs is 1. The molecule has 0 amide bonds. The van der Waals surface area contributed by atoms with Gasteiger partial charge in [0.1, 0.15) is 0 Å². The van der Waals surface area contributed by atoms with E-state index in [0.29, 0.717) is 10.3 Å². The molecule has 0 radical (unpaired) electrons. The molecular formula is C15H12BrF3N4O2. The third-order valence-electron chi connectivity index (χ3n) is 3.93. The van der Waals surface area contributed by atoms with Gasteiger partial charge in [0, 0.05) is 14.1 Å². The Morgan fingerprint density at radius 3 is 2.24 bits per heavy atom. The highest BCUT2D eigenvalue weighted by Gasteiger charge is 2.30. The van der Waals surface area contributed by atoms with Crippen LogP contribution >= 0.6 is 15.9 Å². The number of rotatable bonds is 2. The van der Waals surface area contributed by atoms with Gasteiger partial charge >= 0.3 is 11.9 Å². The Balaban J connectivity index is 2.12. The maximum absolute atomic E-state index is 12.7. The summed E-state index contributed by atoms with van der Waals surface area (Å²) in [6, 6.07) is 4.34. The first-order valence-corrected chi connectivity index (χ1v) is 7.88. The summed E-state index contributed by atoms with van der Waals surface area (Å²) >= 11 is 3.20. The van der Waals surface area contributed by atoms with Crippen molar-refractivity contribution in [2.24, 2.45) is 14.1 Å². The van der Waals surface area contributed by atoms with Crippen LogP contribution in [0.25, 0.3) is 11.2 Å². The molecule has 0 N–H and O–H groups in total. The number of aryl methyl sites for hydroxylation is 2. The Bertz CT molecular complexity index is 1080. The van der Waals surface area contributed by atoms with Gasteiger partial charge in [0.25, 0.3) is 5.56 Å². The van der Waals surface area contributed by atoms with E-state index >= 15 is 0 Å². The van der Waals surface area contributed by atoms with E-state index in [0.717, 1.165) is 16.7 Å². The van der Waals surface area contributed by atoms with Crippen molar-refractivity contribution in [1.29, 1.82) is 0 Å². The average molecular weight is 417 g/mol. The summed E-state index contributed by atoms with van der Waals surface area (Å²) in [7, 11) is 3.10. The fourth-order valence-corrected chi connectivity index (χ4v) is 2.88. The summed E-state index contributed by atoms with van der Waals surface area (Å²) in [6.45, 7) is -0.137. The first kappa shape index (κ1) is 17.5. The molecule has 6 nitrogen and oxygen atoms in total. The molecule has 0 aliphatic rings. The number of halogens is 4. The van der Waals surface area contributed by atoms with Gasteiger partial charge < -0.3 is 4.57 Å². The fraction of sp³-hybridized carbons (Fsp3) is 0.267. The van der Waals surface area contributed by atoms with Crippen LogP contribution in [0.2, 0.25) is 0 Å². The van der Waals surface area contributed by atoms with E-state index in [4.69, 9.17) is 0 Å². The Morgan fingerprint density at radius 2 is 1.68 bits per heavy atom. The molecule has 25 heavy (non-hydrogen) atoms. The standard InChI is InChI=1S/C15H12BrF3N4O2/c1-21-10-11(20-13(21)16)22(2)14(25)23(12(10)24)7-8-3-5-9(6-4-8)15(17,18)19/h3-6H,7H2,1-2H3. The predicted octanol–water partition coefficient (Wildman–Crippen LogP) is 2.26. The van der Waals surface area contributed by atoms with Crippen LogP contribution in [-0.2, 0) is 26.8 Å². The summed E-state index contributed by atoms with van der Waals surface area (Å²) in [6.07, 6.45) is -4.44. The van der Waals surface area contributed by atoms with E-state index < -0.39 is 23.0 Å². The lowest BCUT2D eigenvalue weighted by molar-refractivity contribution is -0.137. The lowest BCUT2D eigenvalue weighted by Crippen LogP contribution is -2.39. The SMILES string of the molecule is Cn1c(Br)nc2c1c(=O)n(Cc1ccc(C(F)(F)F)cc1)c(=O)n2C. The molecule has 0 saturated carbocycles. The van der Waals surface area contributed by atoms with Gasteiger partial charge in [-0.25, -0.2) is 9.78 Å². The van der Waals surface area contributed by atoms with Crippen LogP contribution in [0, 0.1) is 0 Å². The van der Waals surface area contributed by atoms with Crippen LogP contribution in [0.15, 0.2) is 38.6 Å². The van der Waals surface area contributed by atoms with Gasteiger partial charge in [0.2, 0.25) is 0 Å². The second-order valence-corrected chi connectivity index (χ2v) is 6.25. The van der Waals surface area contributed by atoms with Crippen LogP contribution in [0.1, 0.15) is 11.1 Å². The minimum atomic E-state index is -4.44. The molecule has 2 heterocycles. The molecule has 0 aliphatic carbocycles. The van der Waals surface area contributed by atoms with Crippen LogP contribution in [0.4, 0.5) is 13.2 Å². The highest BCUT2D eigenvalue weighted by molar-refractivity contribution is 9.10. The van der Waals surface area contributed by atoms with E-state index in [9.17, 15) is 22.8 Å². The van der Waals surface area contributed by atoms with E-state index in [1.807, 2.05) is 0 Å². The Labute approximate surface area is 147 Å². The summed E-state index contributed by atoms with van der Waals surface area (Å²) in [5.41, 5.74) is -1.08. The van der Waals surface area contributed by atoms with E-state index in [1.165, 1.54) is 28.3 Å². The van der Waals surface area contributed by atoms with Gasteiger partial charge in [0.15, 0.2) is 15.9 Å². The number of hydrogen-bond acceptors (Lipinski definition) is 3. The Hall–Kier alpha value is -2.36. The summed E-state index contributed by atoms with van der Waals surface area (Å²) in [4.78, 5) is 29.2. The number of nitrogens with zero attached hydrogens (tertiary/aromatic N) is 4. The van der Waals surface area contributed by atoms with Crippen molar-refractivity contribution in [3.05, 3.63) is 61.0 Å². The zero-order chi connectivity index (χ0) is 18.5. The van der Waals surface area contributed by atoms with Crippen LogP contribution in [0.5, 0.6) is 0 Å². The minimum Gasteiger partial charge on any atom is -0.316 e. The number of benzene rings is 1. The van der Waals surface area contributed by atoms with Crippen molar-refractivity contribution in [2.45, 2.75) is 12.7 Å².